The summed E-state index contributed by atoms with van der Waals surface area (Å²) in [6.07, 6.45) is 13.9. The minimum Gasteiger partial charge on any atom is -0.175 e. The quantitative estimate of drug-likeness (QED) is 0.221. The van der Waals surface area contributed by atoms with Crippen molar-refractivity contribution in [1.82, 2.24) is 0 Å². The van der Waals surface area contributed by atoms with Gasteiger partial charge >= 0.3 is 0 Å². The van der Waals surface area contributed by atoms with E-state index in [1.165, 1.54) is 77.3 Å². The molecule has 134 valence electrons. The highest BCUT2D eigenvalue weighted by Crippen LogP contribution is 2.20. The zero-order valence-corrected chi connectivity index (χ0v) is 17.0. The van der Waals surface area contributed by atoms with Gasteiger partial charge in [-0.25, -0.2) is 0 Å². The van der Waals surface area contributed by atoms with Crippen molar-refractivity contribution in [3.05, 3.63) is 0 Å². The van der Waals surface area contributed by atoms with Crippen LogP contribution in [-0.2, 0) is 0 Å². The second-order valence-corrected chi connectivity index (χ2v) is 8.52. The van der Waals surface area contributed by atoms with Gasteiger partial charge in [-0.1, -0.05) is 65.7 Å². The average Bonchev–Trinajstić information content (AvgIpc) is 2.42. The third kappa shape index (κ3) is 9.15. The minimum atomic E-state index is 0.837. The Morgan fingerprint density at radius 3 is 1.73 bits per heavy atom. The number of quaternary nitrogens is 2. The maximum atomic E-state index is 2.44. The van der Waals surface area contributed by atoms with E-state index in [2.05, 4.69) is 49.0 Å². The van der Waals surface area contributed by atoms with Crippen LogP contribution in [0.1, 0.15) is 85.0 Å². The van der Waals surface area contributed by atoms with Crippen LogP contribution < -0.4 is 0 Å². The number of hydrogen-bond acceptors (Lipinski definition) is 0. The Bertz CT molecular complexity index is 258. The van der Waals surface area contributed by atoms with Crippen LogP contribution in [0.4, 0.5) is 0 Å². The van der Waals surface area contributed by atoms with Crippen molar-refractivity contribution in [2.45, 2.75) is 85.0 Å². The molecule has 0 aromatic carbocycles. The molecule has 0 aliphatic rings. The molecule has 0 radical (unpaired) electrons. The van der Waals surface area contributed by atoms with E-state index < -0.39 is 0 Å². The van der Waals surface area contributed by atoms with Crippen molar-refractivity contribution in [3.63, 3.8) is 0 Å². The van der Waals surface area contributed by atoms with Crippen molar-refractivity contribution in [3.8, 4) is 0 Å². The Morgan fingerprint density at radius 1 is 0.636 bits per heavy atom. The van der Waals surface area contributed by atoms with E-state index in [1.54, 1.807) is 0 Å². The standard InChI is InChI=1S/C20H46N2/c1-8-10-12-13-14-16-18-21(4,5)22(6,7)19-20(3)17-15-11-9-2/h20H,8-19H2,1-7H3/q+2. The van der Waals surface area contributed by atoms with Crippen LogP contribution in [0.3, 0.4) is 0 Å². The molecular formula is C20H46N2+2. The first kappa shape index (κ1) is 21.9. The van der Waals surface area contributed by atoms with E-state index in [0.717, 1.165) is 15.1 Å². The summed E-state index contributed by atoms with van der Waals surface area (Å²) >= 11 is 0. The van der Waals surface area contributed by atoms with E-state index in [-0.39, 0.29) is 0 Å². The monoisotopic (exact) mass is 314 g/mol. The molecule has 0 aromatic heterocycles. The summed E-state index contributed by atoms with van der Waals surface area (Å²) in [4.78, 5) is 0. The lowest BCUT2D eigenvalue weighted by Gasteiger charge is -2.46. The molecule has 2 nitrogen and oxygen atoms in total. The smallest absolute Gasteiger partial charge is 0.124 e. The van der Waals surface area contributed by atoms with E-state index in [1.807, 2.05) is 0 Å². The SMILES string of the molecule is CCCCCCCC[N+](C)(C)[N+](C)(C)CC(C)CCCCC. The normalized spacial score (nSPS) is 14.3. The molecule has 0 bridgehead atoms. The van der Waals surface area contributed by atoms with Gasteiger partial charge in [0.1, 0.15) is 41.3 Å². The van der Waals surface area contributed by atoms with Gasteiger partial charge in [-0.2, -0.15) is 9.18 Å². The molecule has 0 aliphatic heterocycles. The largest absolute Gasteiger partial charge is 0.175 e. The molecule has 0 N–H and O–H groups in total. The van der Waals surface area contributed by atoms with Crippen LogP contribution in [-0.4, -0.2) is 50.5 Å². The molecule has 0 rings (SSSR count). The fourth-order valence-electron chi connectivity index (χ4n) is 3.37. The average molecular weight is 315 g/mol. The van der Waals surface area contributed by atoms with E-state index in [9.17, 15) is 0 Å². The molecule has 0 amide bonds. The molecule has 0 saturated heterocycles. The zero-order valence-electron chi connectivity index (χ0n) is 17.0. The molecular weight excluding hydrogens is 268 g/mol. The second-order valence-electron chi connectivity index (χ2n) is 8.52. The highest BCUT2D eigenvalue weighted by Gasteiger charge is 2.36. The Hall–Kier alpha value is -0.0800. The molecule has 1 unspecified atom stereocenters. The lowest BCUT2D eigenvalue weighted by molar-refractivity contribution is -1.47. The Kier molecular flexibility index (Phi) is 11.4. The van der Waals surface area contributed by atoms with Gasteiger partial charge in [-0.05, 0) is 12.8 Å². The predicted molar refractivity (Wildman–Crippen MR) is 101 cm³/mol. The van der Waals surface area contributed by atoms with Crippen molar-refractivity contribution < 1.29 is 9.18 Å². The van der Waals surface area contributed by atoms with Gasteiger partial charge in [0, 0.05) is 12.3 Å². The van der Waals surface area contributed by atoms with Gasteiger partial charge in [-0.3, -0.25) is 0 Å². The molecule has 0 spiro atoms. The summed E-state index contributed by atoms with van der Waals surface area (Å²) in [6, 6.07) is 0. The van der Waals surface area contributed by atoms with E-state index in [4.69, 9.17) is 0 Å². The van der Waals surface area contributed by atoms with Gasteiger partial charge in [-0.15, -0.1) is 0 Å². The molecule has 0 saturated carbocycles. The summed E-state index contributed by atoms with van der Waals surface area (Å²) in [5.74, 6) is 0.837. The number of rotatable bonds is 14. The maximum Gasteiger partial charge on any atom is 0.124 e. The van der Waals surface area contributed by atoms with Crippen LogP contribution >= 0.6 is 0 Å². The van der Waals surface area contributed by atoms with Crippen LogP contribution in [0.25, 0.3) is 0 Å². The first-order valence-electron chi connectivity index (χ1n) is 9.93. The summed E-state index contributed by atoms with van der Waals surface area (Å²) in [6.45, 7) is 9.64. The fourth-order valence-corrected chi connectivity index (χ4v) is 3.37. The Balaban J connectivity index is 4.11. The van der Waals surface area contributed by atoms with Crippen LogP contribution in [0.5, 0.6) is 0 Å². The number of unbranched alkanes of at least 4 members (excludes halogenated alkanes) is 7. The van der Waals surface area contributed by atoms with Crippen LogP contribution in [0.15, 0.2) is 0 Å². The lowest BCUT2D eigenvalue weighted by Crippen LogP contribution is -2.66. The molecule has 0 heterocycles. The van der Waals surface area contributed by atoms with Crippen molar-refractivity contribution in [2.24, 2.45) is 5.92 Å². The van der Waals surface area contributed by atoms with Crippen LogP contribution in [0.2, 0.25) is 0 Å². The molecule has 22 heavy (non-hydrogen) atoms. The molecule has 0 aliphatic carbocycles. The third-order valence-corrected chi connectivity index (χ3v) is 5.58. The summed E-state index contributed by atoms with van der Waals surface area (Å²) in [7, 11) is 9.69. The van der Waals surface area contributed by atoms with Crippen LogP contribution in [0, 0.1) is 5.92 Å². The van der Waals surface area contributed by atoms with Gasteiger partial charge in [0.2, 0.25) is 0 Å². The highest BCUT2D eigenvalue weighted by molar-refractivity contribution is 4.51. The molecule has 0 fully saturated rings. The minimum absolute atomic E-state index is 0.837. The number of hydrogen-bond donors (Lipinski definition) is 0. The second kappa shape index (κ2) is 11.5. The highest BCUT2D eigenvalue weighted by atomic mass is 15.8. The lowest BCUT2D eigenvalue weighted by atomic mass is 10.0. The topological polar surface area (TPSA) is 0 Å². The Labute approximate surface area is 142 Å². The first-order valence-corrected chi connectivity index (χ1v) is 9.93. The predicted octanol–water partition coefficient (Wildman–Crippen LogP) is 5.63. The van der Waals surface area contributed by atoms with Gasteiger partial charge in [0.15, 0.2) is 0 Å². The molecule has 1 atom stereocenters. The third-order valence-electron chi connectivity index (χ3n) is 5.58. The van der Waals surface area contributed by atoms with Crippen molar-refractivity contribution in [2.75, 3.05) is 41.3 Å². The van der Waals surface area contributed by atoms with E-state index in [0.29, 0.717) is 0 Å². The van der Waals surface area contributed by atoms with Gasteiger partial charge < -0.3 is 0 Å². The maximum absolute atomic E-state index is 2.44. The van der Waals surface area contributed by atoms with Crippen molar-refractivity contribution >= 4 is 0 Å². The van der Waals surface area contributed by atoms with Crippen molar-refractivity contribution in [1.29, 1.82) is 0 Å². The molecule has 0 aromatic rings. The molecule has 2 heteroatoms. The fraction of sp³-hybridized carbons (Fsp3) is 1.00. The van der Waals surface area contributed by atoms with Gasteiger partial charge in [0.05, 0.1) is 0 Å². The Morgan fingerprint density at radius 2 is 1.14 bits per heavy atom. The first-order chi connectivity index (χ1) is 10.3. The summed E-state index contributed by atoms with van der Waals surface area (Å²) in [5.41, 5.74) is 0. The van der Waals surface area contributed by atoms with Gasteiger partial charge in [0.25, 0.3) is 0 Å². The van der Waals surface area contributed by atoms with E-state index >= 15 is 0 Å². The number of nitrogens with zero attached hydrogens (tertiary/aromatic N) is 2. The summed E-state index contributed by atoms with van der Waals surface area (Å²) in [5, 5.41) is 0. The summed E-state index contributed by atoms with van der Waals surface area (Å²) < 4.78 is 2.23. The zero-order chi connectivity index (χ0) is 17.1.